The molecule has 0 radical (unpaired) electrons. The van der Waals surface area contributed by atoms with E-state index in [1.807, 2.05) is 6.92 Å². The van der Waals surface area contributed by atoms with Gasteiger partial charge < -0.3 is 10.2 Å². The van der Waals surface area contributed by atoms with Crippen molar-refractivity contribution in [3.8, 4) is 0 Å². The Kier molecular flexibility index (Phi) is 3.64. The minimum absolute atomic E-state index is 0.0378. The molecule has 14 heavy (non-hydrogen) atoms. The number of hydrogen-bond donors (Lipinski definition) is 3. The van der Waals surface area contributed by atoms with E-state index in [9.17, 15) is 4.79 Å². The van der Waals surface area contributed by atoms with Crippen molar-refractivity contribution in [1.82, 2.24) is 10.2 Å². The summed E-state index contributed by atoms with van der Waals surface area (Å²) in [5.74, 6) is -0.829. The molecule has 0 aliphatic heterocycles. The molecule has 0 saturated heterocycles. The van der Waals surface area contributed by atoms with Crippen molar-refractivity contribution in [2.24, 2.45) is 0 Å². The van der Waals surface area contributed by atoms with Crippen LogP contribution >= 0.6 is 0 Å². The van der Waals surface area contributed by atoms with Gasteiger partial charge >= 0.3 is 5.97 Å². The number of carbonyl (C=O) groups is 1. The van der Waals surface area contributed by atoms with Crippen molar-refractivity contribution < 1.29 is 15.0 Å². The van der Waals surface area contributed by atoms with Crippen LogP contribution in [-0.4, -0.2) is 33.0 Å². The molecule has 0 fully saturated rings. The summed E-state index contributed by atoms with van der Waals surface area (Å²) in [6, 6.07) is 1.53. The van der Waals surface area contributed by atoms with Gasteiger partial charge in [0.1, 0.15) is 0 Å². The molecule has 0 spiro atoms. The van der Waals surface area contributed by atoms with E-state index < -0.39 is 5.97 Å². The summed E-state index contributed by atoms with van der Waals surface area (Å²) in [4.78, 5) is 10.5. The van der Waals surface area contributed by atoms with E-state index in [2.05, 4.69) is 10.2 Å². The van der Waals surface area contributed by atoms with Gasteiger partial charge in [0.05, 0.1) is 0 Å². The highest BCUT2D eigenvalue weighted by Gasteiger charge is 2.12. The fourth-order valence-electron chi connectivity index (χ4n) is 1.25. The second-order valence-electron chi connectivity index (χ2n) is 3.28. The monoisotopic (exact) mass is 198 g/mol. The summed E-state index contributed by atoms with van der Waals surface area (Å²) in [6.07, 6.45) is 1.53. The van der Waals surface area contributed by atoms with Gasteiger partial charge in [-0.1, -0.05) is 6.92 Å². The molecule has 1 heterocycles. The molecule has 0 bridgehead atoms. The highest BCUT2D eigenvalue weighted by atomic mass is 16.4. The fraction of sp³-hybridized carbons (Fsp3) is 0.556. The standard InChI is InChI=1S/C9H14N2O3/c1-6(3-2-4-12)7-5-8(9(13)14)11-10-7/h5-6,12H,2-4H2,1H3,(H,10,11)(H,13,14). The number of aromatic nitrogens is 2. The predicted octanol–water partition coefficient (Wildman–Crippen LogP) is 0.984. The van der Waals surface area contributed by atoms with Crippen LogP contribution in [0.25, 0.3) is 0 Å². The van der Waals surface area contributed by atoms with Crippen LogP contribution in [0, 0.1) is 0 Å². The van der Waals surface area contributed by atoms with Crippen molar-refractivity contribution in [3.05, 3.63) is 17.5 Å². The van der Waals surface area contributed by atoms with Gasteiger partial charge in [-0.25, -0.2) is 4.79 Å². The molecule has 78 valence electrons. The Morgan fingerprint density at radius 2 is 2.43 bits per heavy atom. The first-order valence-electron chi connectivity index (χ1n) is 4.54. The number of nitrogens with one attached hydrogen (secondary N) is 1. The van der Waals surface area contributed by atoms with Crippen LogP contribution in [0.15, 0.2) is 6.07 Å². The van der Waals surface area contributed by atoms with Crippen LogP contribution in [0.2, 0.25) is 0 Å². The van der Waals surface area contributed by atoms with Crippen molar-refractivity contribution in [2.75, 3.05) is 6.61 Å². The normalized spacial score (nSPS) is 12.7. The molecule has 0 amide bonds. The highest BCUT2D eigenvalue weighted by molar-refractivity contribution is 5.85. The number of carboxylic acid groups (broad SMARTS) is 1. The molecule has 0 aliphatic carbocycles. The Balaban J connectivity index is 2.61. The first kappa shape index (κ1) is 10.7. The molecule has 1 unspecified atom stereocenters. The van der Waals surface area contributed by atoms with Gasteiger partial charge in [0.2, 0.25) is 0 Å². The fourth-order valence-corrected chi connectivity index (χ4v) is 1.25. The van der Waals surface area contributed by atoms with E-state index in [-0.39, 0.29) is 18.2 Å². The molecule has 1 rings (SSSR count). The molecule has 1 aromatic heterocycles. The molecule has 0 saturated carbocycles. The van der Waals surface area contributed by atoms with E-state index in [4.69, 9.17) is 10.2 Å². The van der Waals surface area contributed by atoms with Gasteiger partial charge in [-0.15, -0.1) is 0 Å². The third-order valence-corrected chi connectivity index (χ3v) is 2.14. The van der Waals surface area contributed by atoms with E-state index in [1.54, 1.807) is 0 Å². The van der Waals surface area contributed by atoms with Gasteiger partial charge in [0, 0.05) is 12.3 Å². The van der Waals surface area contributed by atoms with Crippen molar-refractivity contribution >= 4 is 5.97 Å². The minimum atomic E-state index is -1.03. The number of aliphatic hydroxyl groups is 1. The maximum atomic E-state index is 10.5. The van der Waals surface area contributed by atoms with Crippen molar-refractivity contribution in [2.45, 2.75) is 25.7 Å². The lowest BCUT2D eigenvalue weighted by Crippen LogP contribution is -1.96. The topological polar surface area (TPSA) is 86.2 Å². The Hall–Kier alpha value is -1.36. The number of hydrogen-bond acceptors (Lipinski definition) is 3. The molecule has 0 aromatic carbocycles. The van der Waals surface area contributed by atoms with Gasteiger partial charge in [-0.05, 0) is 24.8 Å². The summed E-state index contributed by atoms with van der Waals surface area (Å²) in [5.41, 5.74) is 0.840. The molecule has 1 aromatic rings. The third-order valence-electron chi connectivity index (χ3n) is 2.14. The molecule has 1 atom stereocenters. The van der Waals surface area contributed by atoms with E-state index in [1.165, 1.54) is 6.07 Å². The van der Waals surface area contributed by atoms with Crippen LogP contribution < -0.4 is 0 Å². The summed E-state index contributed by atoms with van der Waals surface area (Å²) >= 11 is 0. The van der Waals surface area contributed by atoms with E-state index >= 15 is 0 Å². The van der Waals surface area contributed by atoms with Crippen LogP contribution in [-0.2, 0) is 0 Å². The van der Waals surface area contributed by atoms with Crippen molar-refractivity contribution in [3.63, 3.8) is 0 Å². The maximum Gasteiger partial charge on any atom is 0.356 e. The van der Waals surface area contributed by atoms with Gasteiger partial charge in [0.25, 0.3) is 0 Å². The zero-order valence-corrected chi connectivity index (χ0v) is 8.03. The van der Waals surface area contributed by atoms with E-state index in [0.717, 1.165) is 12.1 Å². The number of aliphatic hydroxyl groups excluding tert-OH is 1. The number of aromatic amines is 1. The van der Waals surface area contributed by atoms with Crippen LogP contribution in [0.3, 0.4) is 0 Å². The van der Waals surface area contributed by atoms with Crippen LogP contribution in [0.4, 0.5) is 0 Å². The highest BCUT2D eigenvalue weighted by Crippen LogP contribution is 2.18. The second-order valence-corrected chi connectivity index (χ2v) is 3.28. The molecule has 5 nitrogen and oxygen atoms in total. The lowest BCUT2D eigenvalue weighted by molar-refractivity contribution is 0.0690. The molecular formula is C9H14N2O3. The number of carboxylic acids is 1. The Labute approximate surface area is 81.8 Å². The lowest BCUT2D eigenvalue weighted by Gasteiger charge is -2.06. The van der Waals surface area contributed by atoms with E-state index in [0.29, 0.717) is 6.42 Å². The predicted molar refractivity (Wildman–Crippen MR) is 50.3 cm³/mol. The first-order valence-corrected chi connectivity index (χ1v) is 4.54. The largest absolute Gasteiger partial charge is 0.476 e. The molecule has 0 aliphatic rings. The van der Waals surface area contributed by atoms with Gasteiger partial charge in [-0.3, -0.25) is 5.10 Å². The minimum Gasteiger partial charge on any atom is -0.476 e. The van der Waals surface area contributed by atoms with Crippen LogP contribution in [0.5, 0.6) is 0 Å². The Morgan fingerprint density at radius 3 is 2.93 bits per heavy atom. The smallest absolute Gasteiger partial charge is 0.356 e. The molecule has 3 N–H and O–H groups in total. The Morgan fingerprint density at radius 1 is 1.71 bits per heavy atom. The van der Waals surface area contributed by atoms with Crippen LogP contribution in [0.1, 0.15) is 41.9 Å². The Bertz CT molecular complexity index is 309. The summed E-state index contributed by atoms with van der Waals surface area (Å²) in [7, 11) is 0. The zero-order chi connectivity index (χ0) is 10.6. The summed E-state index contributed by atoms with van der Waals surface area (Å²) in [5, 5.41) is 23.6. The number of nitrogens with zero attached hydrogens (tertiary/aromatic N) is 1. The average Bonchev–Trinajstić information content (AvgIpc) is 2.62. The van der Waals surface area contributed by atoms with Gasteiger partial charge in [-0.2, -0.15) is 5.10 Å². The summed E-state index contributed by atoms with van der Waals surface area (Å²) < 4.78 is 0. The van der Waals surface area contributed by atoms with Crippen molar-refractivity contribution in [1.29, 1.82) is 0 Å². The second kappa shape index (κ2) is 4.76. The number of H-pyrrole nitrogens is 1. The molecular weight excluding hydrogens is 184 g/mol. The molecule has 5 heteroatoms. The summed E-state index contributed by atoms with van der Waals surface area (Å²) in [6.45, 7) is 2.12. The zero-order valence-electron chi connectivity index (χ0n) is 8.03. The third kappa shape index (κ3) is 2.56. The quantitative estimate of drug-likeness (QED) is 0.658. The maximum absolute atomic E-state index is 10.5. The number of aromatic carboxylic acids is 1. The lowest BCUT2D eigenvalue weighted by atomic mass is 10.0. The number of rotatable bonds is 5. The first-order chi connectivity index (χ1) is 6.65. The SMILES string of the molecule is CC(CCCO)c1cc(C(=O)O)n[nH]1. The average molecular weight is 198 g/mol. The van der Waals surface area contributed by atoms with Gasteiger partial charge in [0.15, 0.2) is 5.69 Å².